The first-order chi connectivity index (χ1) is 16.5. The molecule has 0 spiro atoms. The first-order valence-electron chi connectivity index (χ1n) is 11.7. The van der Waals surface area contributed by atoms with E-state index in [0.29, 0.717) is 33.0 Å². The van der Waals surface area contributed by atoms with Crippen LogP contribution in [0.15, 0.2) is 24.4 Å². The quantitative estimate of drug-likeness (QED) is 0.551. The van der Waals surface area contributed by atoms with Crippen LogP contribution in [0, 0.1) is 23.2 Å². The molecule has 0 saturated carbocycles. The van der Waals surface area contributed by atoms with Crippen molar-refractivity contribution >= 4 is 40.2 Å². The molecular formula is C24H27Cl2N7O. The summed E-state index contributed by atoms with van der Waals surface area (Å²) in [5, 5.41) is 24.5. The standard InChI is InChI=1S/C24H27Cl2N7O/c1-15(19-5-4-18(25)9-20(19)26)33-24-23(21(10-27)30-33)28-11-22(29-24)32-13-17(14-32)16-3-2-6-31(12-16)7-8-34/h4-5,9,11,15-17,34H,2-3,6-8,12-14H2,1H3/t15-,16?/m1/s1. The zero-order valence-electron chi connectivity index (χ0n) is 19.0. The Bertz CT molecular complexity index is 1230. The van der Waals surface area contributed by atoms with E-state index >= 15 is 0 Å². The minimum Gasteiger partial charge on any atom is -0.395 e. The highest BCUT2D eigenvalue weighted by Crippen LogP contribution is 2.35. The number of rotatable bonds is 6. The first kappa shape index (κ1) is 23.3. The molecular weight excluding hydrogens is 473 g/mol. The minimum absolute atomic E-state index is 0.219. The molecule has 0 radical (unpaired) electrons. The summed E-state index contributed by atoms with van der Waals surface area (Å²) < 4.78 is 1.73. The van der Waals surface area contributed by atoms with Gasteiger partial charge in [0.05, 0.1) is 18.8 Å². The van der Waals surface area contributed by atoms with Gasteiger partial charge < -0.3 is 14.9 Å². The average molecular weight is 500 g/mol. The number of aromatic nitrogens is 4. The smallest absolute Gasteiger partial charge is 0.190 e. The fraction of sp³-hybridized carbons (Fsp3) is 0.500. The number of hydrogen-bond acceptors (Lipinski definition) is 7. The SMILES string of the molecule is C[C@H](c1ccc(Cl)cc1Cl)n1nc(C#N)c2ncc(N3CC(C4CCCN(CCO)C4)C3)nc21. The maximum absolute atomic E-state index is 9.60. The minimum atomic E-state index is -0.247. The van der Waals surface area contributed by atoms with Crippen molar-refractivity contribution in [3.63, 3.8) is 0 Å². The van der Waals surface area contributed by atoms with E-state index in [1.54, 1.807) is 23.0 Å². The lowest BCUT2D eigenvalue weighted by molar-refractivity contribution is 0.101. The molecule has 2 saturated heterocycles. The van der Waals surface area contributed by atoms with Crippen LogP contribution in [-0.4, -0.2) is 69.1 Å². The van der Waals surface area contributed by atoms with Crippen molar-refractivity contribution in [2.45, 2.75) is 25.8 Å². The largest absolute Gasteiger partial charge is 0.395 e. The third-order valence-corrected chi connectivity index (χ3v) is 7.70. The summed E-state index contributed by atoms with van der Waals surface area (Å²) in [4.78, 5) is 14.1. The van der Waals surface area contributed by atoms with E-state index in [0.717, 1.165) is 44.1 Å². The summed E-state index contributed by atoms with van der Waals surface area (Å²) >= 11 is 12.5. The number of aliphatic hydroxyl groups is 1. The predicted molar refractivity (Wildman–Crippen MR) is 132 cm³/mol. The van der Waals surface area contributed by atoms with Crippen LogP contribution in [0.1, 0.15) is 37.1 Å². The Morgan fingerprint density at radius 1 is 1.24 bits per heavy atom. The molecule has 1 aromatic carbocycles. The summed E-state index contributed by atoms with van der Waals surface area (Å²) in [6.07, 6.45) is 4.17. The molecule has 4 heterocycles. The molecule has 0 aliphatic carbocycles. The number of hydrogen-bond donors (Lipinski definition) is 1. The highest BCUT2D eigenvalue weighted by Gasteiger charge is 2.36. The van der Waals surface area contributed by atoms with Crippen LogP contribution >= 0.6 is 23.2 Å². The van der Waals surface area contributed by atoms with Gasteiger partial charge in [-0.2, -0.15) is 10.4 Å². The lowest BCUT2D eigenvalue weighted by Gasteiger charge is -2.47. The molecule has 178 valence electrons. The van der Waals surface area contributed by atoms with Crippen LogP contribution in [0.4, 0.5) is 5.82 Å². The van der Waals surface area contributed by atoms with E-state index in [1.807, 2.05) is 13.0 Å². The number of aliphatic hydroxyl groups excluding tert-OH is 1. The van der Waals surface area contributed by atoms with Gasteiger partial charge in [0, 0.05) is 36.2 Å². The zero-order chi connectivity index (χ0) is 23.8. The summed E-state index contributed by atoms with van der Waals surface area (Å²) in [6, 6.07) is 7.26. The number of β-amino-alcohol motifs (C(OH)–C–C–N with tert-alkyl or cyclic N) is 1. The number of piperidine rings is 1. The van der Waals surface area contributed by atoms with Crippen molar-refractivity contribution in [2.24, 2.45) is 11.8 Å². The molecule has 5 rings (SSSR count). The van der Waals surface area contributed by atoms with Crippen LogP contribution in [-0.2, 0) is 0 Å². The van der Waals surface area contributed by atoms with Gasteiger partial charge in [0.15, 0.2) is 11.3 Å². The van der Waals surface area contributed by atoms with Crippen LogP contribution < -0.4 is 4.90 Å². The Kier molecular flexibility index (Phi) is 6.63. The van der Waals surface area contributed by atoms with Crippen LogP contribution in [0.3, 0.4) is 0 Å². The molecule has 0 amide bonds. The topological polar surface area (TPSA) is 94.1 Å². The molecule has 2 aliphatic rings. The lowest BCUT2D eigenvalue weighted by Crippen LogP contribution is -2.54. The second kappa shape index (κ2) is 9.67. The van der Waals surface area contributed by atoms with Gasteiger partial charge >= 0.3 is 0 Å². The van der Waals surface area contributed by atoms with Gasteiger partial charge in [-0.25, -0.2) is 14.6 Å². The molecule has 2 aliphatic heterocycles. The van der Waals surface area contributed by atoms with E-state index in [4.69, 9.17) is 28.2 Å². The number of halogens is 2. The number of nitriles is 1. The summed E-state index contributed by atoms with van der Waals surface area (Å²) in [7, 11) is 0. The molecule has 10 heteroatoms. The van der Waals surface area contributed by atoms with E-state index in [9.17, 15) is 10.4 Å². The average Bonchev–Trinajstić information content (AvgIpc) is 3.16. The number of likely N-dealkylation sites (tertiary alicyclic amines) is 1. The Hall–Kier alpha value is -2.44. The van der Waals surface area contributed by atoms with Crippen molar-refractivity contribution < 1.29 is 5.11 Å². The second-order valence-electron chi connectivity index (χ2n) is 9.24. The second-order valence-corrected chi connectivity index (χ2v) is 10.1. The third kappa shape index (κ3) is 4.34. The monoisotopic (exact) mass is 499 g/mol. The van der Waals surface area contributed by atoms with Gasteiger partial charge in [0.25, 0.3) is 0 Å². The number of fused-ring (bicyclic) bond motifs is 1. The van der Waals surface area contributed by atoms with Crippen molar-refractivity contribution in [2.75, 3.05) is 44.2 Å². The van der Waals surface area contributed by atoms with Gasteiger partial charge in [0.2, 0.25) is 0 Å². The van der Waals surface area contributed by atoms with Crippen molar-refractivity contribution in [3.05, 3.63) is 45.7 Å². The number of nitrogens with zero attached hydrogens (tertiary/aromatic N) is 7. The van der Waals surface area contributed by atoms with Gasteiger partial charge in [0.1, 0.15) is 17.4 Å². The third-order valence-electron chi connectivity index (χ3n) is 7.13. The molecule has 8 nitrogen and oxygen atoms in total. The predicted octanol–water partition coefficient (Wildman–Crippen LogP) is 3.75. The Morgan fingerprint density at radius 2 is 2.06 bits per heavy atom. The van der Waals surface area contributed by atoms with E-state index in [-0.39, 0.29) is 18.3 Å². The summed E-state index contributed by atoms with van der Waals surface area (Å²) in [6.45, 7) is 6.97. The highest BCUT2D eigenvalue weighted by atomic mass is 35.5. The molecule has 3 aromatic rings. The highest BCUT2D eigenvalue weighted by molar-refractivity contribution is 6.35. The van der Waals surface area contributed by atoms with Gasteiger partial charge in [-0.1, -0.05) is 29.3 Å². The van der Waals surface area contributed by atoms with Crippen LogP contribution in [0.5, 0.6) is 0 Å². The fourth-order valence-corrected chi connectivity index (χ4v) is 5.75. The normalized spacial score (nSPS) is 20.3. The van der Waals surface area contributed by atoms with Crippen molar-refractivity contribution in [1.82, 2.24) is 24.6 Å². The van der Waals surface area contributed by atoms with E-state index in [1.165, 1.54) is 12.8 Å². The maximum atomic E-state index is 9.60. The fourth-order valence-electron chi connectivity index (χ4n) is 5.19. The zero-order valence-corrected chi connectivity index (χ0v) is 20.5. The lowest BCUT2D eigenvalue weighted by atomic mass is 9.80. The number of benzene rings is 1. The van der Waals surface area contributed by atoms with E-state index in [2.05, 4.69) is 26.0 Å². The molecule has 1 unspecified atom stereocenters. The van der Waals surface area contributed by atoms with Gasteiger partial charge in [-0.15, -0.1) is 0 Å². The van der Waals surface area contributed by atoms with Crippen LogP contribution in [0.25, 0.3) is 11.2 Å². The molecule has 2 fully saturated rings. The van der Waals surface area contributed by atoms with E-state index < -0.39 is 0 Å². The Balaban J connectivity index is 1.38. The molecule has 2 aromatic heterocycles. The maximum Gasteiger partial charge on any atom is 0.190 e. The Morgan fingerprint density at radius 3 is 2.79 bits per heavy atom. The molecule has 1 N–H and O–H groups in total. The molecule has 2 atom stereocenters. The van der Waals surface area contributed by atoms with Gasteiger partial charge in [-0.3, -0.25) is 0 Å². The molecule has 34 heavy (non-hydrogen) atoms. The van der Waals surface area contributed by atoms with Crippen molar-refractivity contribution in [1.29, 1.82) is 5.26 Å². The Labute approximate surface area is 208 Å². The number of anilines is 1. The summed E-state index contributed by atoms with van der Waals surface area (Å²) in [5.74, 6) is 2.06. The van der Waals surface area contributed by atoms with Gasteiger partial charge in [-0.05, 0) is 55.8 Å². The summed E-state index contributed by atoms with van der Waals surface area (Å²) in [5.41, 5.74) is 2.16. The van der Waals surface area contributed by atoms with Crippen LogP contribution in [0.2, 0.25) is 10.0 Å². The first-order valence-corrected chi connectivity index (χ1v) is 12.4. The molecule has 0 bridgehead atoms. The van der Waals surface area contributed by atoms with Crippen molar-refractivity contribution in [3.8, 4) is 6.07 Å².